The minimum absolute atomic E-state index is 0.0553. The lowest BCUT2D eigenvalue weighted by Gasteiger charge is -2.07. The fourth-order valence-electron chi connectivity index (χ4n) is 1.64. The molecule has 2 aromatic rings. The van der Waals surface area contributed by atoms with Crippen LogP contribution in [0, 0.1) is 6.92 Å². The summed E-state index contributed by atoms with van der Waals surface area (Å²) >= 11 is 0. The van der Waals surface area contributed by atoms with Gasteiger partial charge in [-0.3, -0.25) is 4.79 Å². The van der Waals surface area contributed by atoms with E-state index in [0.29, 0.717) is 11.3 Å². The Hall–Kier alpha value is -2.70. The molecule has 0 fully saturated rings. The molecule has 0 saturated carbocycles. The van der Waals surface area contributed by atoms with Crippen LogP contribution >= 0.6 is 0 Å². The maximum atomic E-state index is 11.7. The molecule has 19 heavy (non-hydrogen) atoms. The van der Waals surface area contributed by atoms with Gasteiger partial charge in [0.2, 0.25) is 5.91 Å². The molecule has 0 bridgehead atoms. The van der Waals surface area contributed by atoms with E-state index in [1.54, 1.807) is 19.1 Å². The molecule has 98 valence electrons. The summed E-state index contributed by atoms with van der Waals surface area (Å²) in [6, 6.07) is 4.63. The standard InChI is InChI=1S/C12H12N4O3/c1-8-4-9(2-3-10(8)12(18)19)15-11(17)5-16-7-13-6-14-16/h2-4,6-7H,5H2,1H3,(H,15,17)(H,18,19). The molecule has 2 N–H and O–H groups in total. The average Bonchev–Trinajstić information content (AvgIpc) is 2.81. The lowest BCUT2D eigenvalue weighted by molar-refractivity contribution is -0.116. The number of carboxylic acids is 1. The number of carbonyl (C=O) groups excluding carboxylic acids is 1. The highest BCUT2D eigenvalue weighted by Crippen LogP contribution is 2.15. The zero-order valence-electron chi connectivity index (χ0n) is 10.2. The molecule has 0 spiro atoms. The van der Waals surface area contributed by atoms with E-state index in [0.717, 1.165) is 0 Å². The first-order valence-corrected chi connectivity index (χ1v) is 5.52. The van der Waals surface area contributed by atoms with Crippen molar-refractivity contribution < 1.29 is 14.7 Å². The van der Waals surface area contributed by atoms with Gasteiger partial charge < -0.3 is 10.4 Å². The van der Waals surface area contributed by atoms with Gasteiger partial charge in [-0.25, -0.2) is 14.5 Å². The molecule has 0 saturated heterocycles. The average molecular weight is 260 g/mol. The zero-order valence-corrected chi connectivity index (χ0v) is 10.2. The van der Waals surface area contributed by atoms with Crippen molar-refractivity contribution in [3.8, 4) is 0 Å². The Balaban J connectivity index is 2.05. The number of anilines is 1. The molecule has 0 aliphatic heterocycles. The van der Waals surface area contributed by atoms with Gasteiger partial charge >= 0.3 is 5.97 Å². The van der Waals surface area contributed by atoms with Crippen LogP contribution in [-0.2, 0) is 11.3 Å². The van der Waals surface area contributed by atoms with E-state index in [-0.39, 0.29) is 18.0 Å². The van der Waals surface area contributed by atoms with Gasteiger partial charge in [0.25, 0.3) is 0 Å². The molecule has 7 nitrogen and oxygen atoms in total. The maximum absolute atomic E-state index is 11.7. The molecular weight excluding hydrogens is 248 g/mol. The smallest absolute Gasteiger partial charge is 0.335 e. The van der Waals surface area contributed by atoms with Crippen LogP contribution in [0.4, 0.5) is 5.69 Å². The number of aryl methyl sites for hydroxylation is 1. The molecule has 1 heterocycles. The van der Waals surface area contributed by atoms with E-state index in [1.807, 2.05) is 0 Å². The molecule has 0 unspecified atom stereocenters. The first-order valence-electron chi connectivity index (χ1n) is 5.52. The summed E-state index contributed by atoms with van der Waals surface area (Å²) in [5.74, 6) is -1.24. The topological polar surface area (TPSA) is 97.1 Å². The molecule has 1 amide bonds. The van der Waals surface area contributed by atoms with Crippen LogP contribution in [0.15, 0.2) is 30.9 Å². The van der Waals surface area contributed by atoms with E-state index in [1.165, 1.54) is 23.4 Å². The second kappa shape index (κ2) is 5.30. The second-order valence-electron chi connectivity index (χ2n) is 3.98. The number of benzene rings is 1. The first-order chi connectivity index (χ1) is 9.06. The number of hydrogen-bond acceptors (Lipinski definition) is 4. The summed E-state index contributed by atoms with van der Waals surface area (Å²) in [5, 5.41) is 15.4. The van der Waals surface area contributed by atoms with Gasteiger partial charge in [-0.1, -0.05) is 0 Å². The van der Waals surface area contributed by atoms with Crippen LogP contribution in [0.5, 0.6) is 0 Å². The fraction of sp³-hybridized carbons (Fsp3) is 0.167. The molecule has 0 aliphatic carbocycles. The predicted octanol–water partition coefficient (Wildman–Crippen LogP) is 0.923. The van der Waals surface area contributed by atoms with Gasteiger partial charge in [-0.2, -0.15) is 5.10 Å². The summed E-state index contributed by atoms with van der Waals surface area (Å²) in [7, 11) is 0. The van der Waals surface area contributed by atoms with Gasteiger partial charge in [0.1, 0.15) is 19.2 Å². The monoisotopic (exact) mass is 260 g/mol. The third-order valence-corrected chi connectivity index (χ3v) is 2.51. The van der Waals surface area contributed by atoms with Crippen molar-refractivity contribution in [3.63, 3.8) is 0 Å². The zero-order chi connectivity index (χ0) is 13.8. The Kier molecular flexibility index (Phi) is 3.56. The van der Waals surface area contributed by atoms with E-state index >= 15 is 0 Å². The Morgan fingerprint density at radius 1 is 1.42 bits per heavy atom. The van der Waals surface area contributed by atoms with Crippen molar-refractivity contribution in [2.45, 2.75) is 13.5 Å². The maximum Gasteiger partial charge on any atom is 0.335 e. The summed E-state index contributed by atoms with van der Waals surface area (Å²) in [4.78, 5) is 26.3. The van der Waals surface area contributed by atoms with Crippen molar-refractivity contribution >= 4 is 17.6 Å². The van der Waals surface area contributed by atoms with Crippen LogP contribution in [0.1, 0.15) is 15.9 Å². The Morgan fingerprint density at radius 2 is 2.21 bits per heavy atom. The Labute approximate surface area is 108 Å². The molecule has 7 heteroatoms. The third-order valence-electron chi connectivity index (χ3n) is 2.51. The van der Waals surface area contributed by atoms with Gasteiger partial charge in [-0.15, -0.1) is 0 Å². The summed E-state index contributed by atoms with van der Waals surface area (Å²) in [6.07, 6.45) is 2.79. The van der Waals surface area contributed by atoms with E-state index in [4.69, 9.17) is 5.11 Å². The van der Waals surface area contributed by atoms with Crippen LogP contribution in [0.2, 0.25) is 0 Å². The number of aromatic nitrogens is 3. The molecule has 0 radical (unpaired) electrons. The molecule has 0 aliphatic rings. The van der Waals surface area contributed by atoms with E-state index < -0.39 is 5.97 Å². The normalized spacial score (nSPS) is 10.2. The highest BCUT2D eigenvalue weighted by Gasteiger charge is 2.09. The highest BCUT2D eigenvalue weighted by atomic mass is 16.4. The van der Waals surface area contributed by atoms with Crippen molar-refractivity contribution in [3.05, 3.63) is 42.0 Å². The van der Waals surface area contributed by atoms with E-state index in [2.05, 4.69) is 15.4 Å². The Bertz CT molecular complexity index is 607. The van der Waals surface area contributed by atoms with Crippen molar-refractivity contribution in [1.82, 2.24) is 14.8 Å². The van der Waals surface area contributed by atoms with Gasteiger partial charge in [0.05, 0.1) is 5.56 Å². The number of rotatable bonds is 4. The van der Waals surface area contributed by atoms with Crippen LogP contribution in [-0.4, -0.2) is 31.7 Å². The van der Waals surface area contributed by atoms with Crippen LogP contribution in [0.3, 0.4) is 0 Å². The lowest BCUT2D eigenvalue weighted by atomic mass is 10.1. The summed E-state index contributed by atoms with van der Waals surface area (Å²) < 4.78 is 1.40. The highest BCUT2D eigenvalue weighted by molar-refractivity contribution is 5.93. The molecule has 1 aromatic heterocycles. The van der Waals surface area contributed by atoms with Crippen molar-refractivity contribution in [2.75, 3.05) is 5.32 Å². The summed E-state index contributed by atoms with van der Waals surface area (Å²) in [5.41, 5.74) is 1.35. The van der Waals surface area contributed by atoms with Gasteiger partial charge in [0, 0.05) is 5.69 Å². The van der Waals surface area contributed by atoms with Crippen molar-refractivity contribution in [1.29, 1.82) is 0 Å². The number of aromatic carboxylic acids is 1. The Morgan fingerprint density at radius 3 is 2.79 bits per heavy atom. The quantitative estimate of drug-likeness (QED) is 0.852. The number of nitrogens with zero attached hydrogens (tertiary/aromatic N) is 3. The number of nitrogens with one attached hydrogen (secondary N) is 1. The second-order valence-corrected chi connectivity index (χ2v) is 3.98. The largest absolute Gasteiger partial charge is 0.478 e. The molecular formula is C12H12N4O3. The van der Waals surface area contributed by atoms with Crippen LogP contribution < -0.4 is 5.32 Å². The lowest BCUT2D eigenvalue weighted by Crippen LogP contribution is -2.19. The van der Waals surface area contributed by atoms with Gasteiger partial charge in [0.15, 0.2) is 0 Å². The first kappa shape index (κ1) is 12.7. The number of hydrogen-bond donors (Lipinski definition) is 2. The minimum Gasteiger partial charge on any atom is -0.478 e. The van der Waals surface area contributed by atoms with Crippen LogP contribution in [0.25, 0.3) is 0 Å². The number of amides is 1. The van der Waals surface area contributed by atoms with E-state index in [9.17, 15) is 9.59 Å². The SMILES string of the molecule is Cc1cc(NC(=O)Cn2cncn2)ccc1C(=O)O. The predicted molar refractivity (Wildman–Crippen MR) is 66.8 cm³/mol. The third kappa shape index (κ3) is 3.15. The summed E-state index contributed by atoms with van der Waals surface area (Å²) in [6.45, 7) is 1.73. The molecule has 1 aromatic carbocycles. The van der Waals surface area contributed by atoms with Crippen molar-refractivity contribution in [2.24, 2.45) is 0 Å². The molecule has 0 atom stereocenters. The van der Waals surface area contributed by atoms with Gasteiger partial charge in [-0.05, 0) is 30.7 Å². The minimum atomic E-state index is -0.988. The fourth-order valence-corrected chi connectivity index (χ4v) is 1.64. The number of carbonyl (C=O) groups is 2. The number of carboxylic acid groups (broad SMARTS) is 1. The molecule has 2 rings (SSSR count).